The zero-order valence-corrected chi connectivity index (χ0v) is 10.3. The molecule has 0 fully saturated rings. The molecular weight excluding hydrogens is 228 g/mol. The summed E-state index contributed by atoms with van der Waals surface area (Å²) in [6.07, 6.45) is 3.40. The van der Waals surface area contributed by atoms with Gasteiger partial charge in [0.05, 0.1) is 6.61 Å². The van der Waals surface area contributed by atoms with Crippen LogP contribution in [0.5, 0.6) is 0 Å². The standard InChI is InChI=1S/C15H16O3/c1-3-9-15(17)13(18-4-2)10-11-7-5-6-8-12(11)14(15)16/h3,5-8,10,17H,1,4,9H2,2H3. The molecule has 1 aliphatic rings. The summed E-state index contributed by atoms with van der Waals surface area (Å²) in [5.74, 6) is -0.0300. The first-order chi connectivity index (χ1) is 8.63. The van der Waals surface area contributed by atoms with Crippen LogP contribution in [-0.2, 0) is 4.74 Å². The largest absolute Gasteiger partial charge is 0.495 e. The van der Waals surface area contributed by atoms with Gasteiger partial charge in [0, 0.05) is 12.0 Å². The van der Waals surface area contributed by atoms with Crippen LogP contribution >= 0.6 is 0 Å². The van der Waals surface area contributed by atoms with E-state index in [1.165, 1.54) is 6.08 Å². The number of carbonyl (C=O) groups excluding carboxylic acids is 1. The van der Waals surface area contributed by atoms with Crippen LogP contribution in [0.25, 0.3) is 6.08 Å². The first-order valence-corrected chi connectivity index (χ1v) is 5.95. The second-order valence-corrected chi connectivity index (χ2v) is 4.21. The van der Waals surface area contributed by atoms with Crippen molar-refractivity contribution in [1.29, 1.82) is 0 Å². The van der Waals surface area contributed by atoms with Crippen LogP contribution in [0.1, 0.15) is 29.3 Å². The predicted molar refractivity (Wildman–Crippen MR) is 70.1 cm³/mol. The van der Waals surface area contributed by atoms with Crippen LogP contribution in [0.15, 0.2) is 42.7 Å². The van der Waals surface area contributed by atoms with Gasteiger partial charge in [0.1, 0.15) is 5.76 Å². The molecule has 2 rings (SSSR count). The van der Waals surface area contributed by atoms with Crippen LogP contribution in [-0.4, -0.2) is 23.1 Å². The molecule has 1 aromatic carbocycles. The number of ether oxygens (including phenoxy) is 1. The lowest BCUT2D eigenvalue weighted by molar-refractivity contribution is 0.0183. The lowest BCUT2D eigenvalue weighted by atomic mass is 9.81. The average molecular weight is 244 g/mol. The van der Waals surface area contributed by atoms with E-state index in [1.807, 2.05) is 19.1 Å². The van der Waals surface area contributed by atoms with E-state index in [9.17, 15) is 9.90 Å². The summed E-state index contributed by atoms with van der Waals surface area (Å²) in [4.78, 5) is 12.4. The molecule has 0 saturated heterocycles. The first-order valence-electron chi connectivity index (χ1n) is 5.95. The Morgan fingerprint density at radius 3 is 2.83 bits per heavy atom. The Hall–Kier alpha value is -1.87. The number of Topliss-reactive ketones (excluding diaryl/α,β-unsaturated/α-hetero) is 1. The number of hydrogen-bond acceptors (Lipinski definition) is 3. The summed E-state index contributed by atoms with van der Waals surface area (Å²) in [6, 6.07) is 7.18. The predicted octanol–water partition coefficient (Wildman–Crippen LogP) is 2.57. The van der Waals surface area contributed by atoms with Crippen LogP contribution in [0.3, 0.4) is 0 Å². The third kappa shape index (κ3) is 1.87. The average Bonchev–Trinajstić information content (AvgIpc) is 2.37. The zero-order valence-electron chi connectivity index (χ0n) is 10.3. The van der Waals surface area contributed by atoms with Crippen molar-refractivity contribution < 1.29 is 14.6 Å². The van der Waals surface area contributed by atoms with Crippen LogP contribution < -0.4 is 0 Å². The van der Waals surface area contributed by atoms with Crippen molar-refractivity contribution >= 4 is 11.9 Å². The Bertz CT molecular complexity index is 516. The van der Waals surface area contributed by atoms with Gasteiger partial charge in [-0.05, 0) is 18.6 Å². The molecule has 0 bridgehead atoms. The van der Waals surface area contributed by atoms with Gasteiger partial charge >= 0.3 is 0 Å². The molecule has 1 unspecified atom stereocenters. The maximum absolute atomic E-state index is 12.4. The van der Waals surface area contributed by atoms with E-state index in [0.717, 1.165) is 5.56 Å². The van der Waals surface area contributed by atoms with E-state index in [1.54, 1.807) is 18.2 Å². The highest BCUT2D eigenvalue weighted by molar-refractivity contribution is 6.09. The fourth-order valence-corrected chi connectivity index (χ4v) is 2.14. The van der Waals surface area contributed by atoms with Gasteiger partial charge in [-0.25, -0.2) is 0 Å². The van der Waals surface area contributed by atoms with E-state index in [-0.39, 0.29) is 12.2 Å². The minimum atomic E-state index is -1.62. The molecule has 3 heteroatoms. The maximum Gasteiger partial charge on any atom is 0.203 e. The number of carbonyl (C=O) groups is 1. The zero-order chi connectivity index (χ0) is 13.2. The van der Waals surface area contributed by atoms with Gasteiger partial charge in [-0.3, -0.25) is 4.79 Å². The fourth-order valence-electron chi connectivity index (χ4n) is 2.14. The van der Waals surface area contributed by atoms with E-state index in [0.29, 0.717) is 17.9 Å². The summed E-state index contributed by atoms with van der Waals surface area (Å²) < 4.78 is 5.42. The molecule has 0 heterocycles. The van der Waals surface area contributed by atoms with Crippen molar-refractivity contribution in [2.75, 3.05) is 6.61 Å². The minimum Gasteiger partial charge on any atom is -0.495 e. The minimum absolute atomic E-state index is 0.145. The molecule has 0 saturated carbocycles. The molecule has 1 aliphatic carbocycles. The number of hydrogen-bond donors (Lipinski definition) is 1. The monoisotopic (exact) mass is 244 g/mol. The molecule has 1 N–H and O–H groups in total. The van der Waals surface area contributed by atoms with Crippen molar-refractivity contribution in [2.24, 2.45) is 0 Å². The van der Waals surface area contributed by atoms with Gasteiger partial charge in [0.2, 0.25) is 5.78 Å². The van der Waals surface area contributed by atoms with Gasteiger partial charge in [0.25, 0.3) is 0 Å². The van der Waals surface area contributed by atoms with Crippen molar-refractivity contribution in [3.05, 3.63) is 53.8 Å². The number of benzene rings is 1. The Balaban J connectivity index is 2.57. The van der Waals surface area contributed by atoms with E-state index < -0.39 is 5.60 Å². The van der Waals surface area contributed by atoms with Gasteiger partial charge in [-0.2, -0.15) is 0 Å². The molecule has 18 heavy (non-hydrogen) atoms. The number of aliphatic hydroxyl groups is 1. The molecule has 0 aromatic heterocycles. The van der Waals surface area contributed by atoms with Crippen molar-refractivity contribution in [2.45, 2.75) is 18.9 Å². The number of rotatable bonds is 4. The van der Waals surface area contributed by atoms with Crippen LogP contribution in [0, 0.1) is 0 Å². The van der Waals surface area contributed by atoms with Crippen LogP contribution in [0.4, 0.5) is 0 Å². The third-order valence-corrected chi connectivity index (χ3v) is 3.01. The fraction of sp³-hybridized carbons (Fsp3) is 0.267. The molecule has 3 nitrogen and oxygen atoms in total. The van der Waals surface area contributed by atoms with E-state index >= 15 is 0 Å². The topological polar surface area (TPSA) is 46.5 Å². The second kappa shape index (κ2) is 4.78. The molecule has 0 spiro atoms. The molecule has 0 aliphatic heterocycles. The Labute approximate surface area is 106 Å². The Morgan fingerprint density at radius 1 is 1.44 bits per heavy atom. The first kappa shape index (κ1) is 12.6. The summed E-state index contributed by atoms with van der Waals surface area (Å²) in [7, 11) is 0. The highest BCUT2D eigenvalue weighted by atomic mass is 16.5. The lowest BCUT2D eigenvalue weighted by Gasteiger charge is -2.31. The summed E-state index contributed by atoms with van der Waals surface area (Å²) >= 11 is 0. The van der Waals surface area contributed by atoms with Crippen molar-refractivity contribution in [1.82, 2.24) is 0 Å². The SMILES string of the molecule is C=CCC1(O)C(=O)c2ccccc2C=C1OCC. The van der Waals surface area contributed by atoms with Gasteiger partial charge in [0.15, 0.2) is 5.60 Å². The Kier molecular flexibility index (Phi) is 3.34. The molecular formula is C15H16O3. The van der Waals surface area contributed by atoms with E-state index in [4.69, 9.17) is 4.74 Å². The molecule has 0 amide bonds. The smallest absolute Gasteiger partial charge is 0.203 e. The highest BCUT2D eigenvalue weighted by Crippen LogP contribution is 2.35. The van der Waals surface area contributed by atoms with Gasteiger partial charge in [-0.1, -0.05) is 30.3 Å². The summed E-state index contributed by atoms with van der Waals surface area (Å²) in [5.41, 5.74) is -0.323. The van der Waals surface area contributed by atoms with Crippen molar-refractivity contribution in [3.8, 4) is 0 Å². The molecule has 1 atom stereocenters. The quantitative estimate of drug-likeness (QED) is 0.828. The Morgan fingerprint density at radius 2 is 2.17 bits per heavy atom. The lowest BCUT2D eigenvalue weighted by Crippen LogP contribution is -2.43. The number of fused-ring (bicyclic) bond motifs is 1. The number of ketones is 1. The van der Waals surface area contributed by atoms with E-state index in [2.05, 4.69) is 6.58 Å². The van der Waals surface area contributed by atoms with Crippen molar-refractivity contribution in [3.63, 3.8) is 0 Å². The highest BCUT2D eigenvalue weighted by Gasteiger charge is 2.44. The summed E-state index contributed by atoms with van der Waals surface area (Å²) in [5, 5.41) is 10.6. The third-order valence-electron chi connectivity index (χ3n) is 3.01. The normalized spacial score (nSPS) is 22.1. The maximum atomic E-state index is 12.4. The molecule has 94 valence electrons. The van der Waals surface area contributed by atoms with Gasteiger partial charge < -0.3 is 9.84 Å². The summed E-state index contributed by atoms with van der Waals surface area (Å²) in [6.45, 7) is 5.81. The van der Waals surface area contributed by atoms with Crippen LogP contribution in [0.2, 0.25) is 0 Å². The molecule has 1 aromatic rings. The molecule has 0 radical (unpaired) electrons. The van der Waals surface area contributed by atoms with Gasteiger partial charge in [-0.15, -0.1) is 6.58 Å². The second-order valence-electron chi connectivity index (χ2n) is 4.21.